The van der Waals surface area contributed by atoms with Crippen LogP contribution in [0.15, 0.2) is 24.5 Å². The van der Waals surface area contributed by atoms with Crippen molar-refractivity contribution in [3.63, 3.8) is 0 Å². The molecule has 1 aromatic carbocycles. The Morgan fingerprint density at radius 3 is 3.10 bits per heavy atom. The highest BCUT2D eigenvalue weighted by Gasteiger charge is 2.15. The summed E-state index contributed by atoms with van der Waals surface area (Å²) < 4.78 is 0. The summed E-state index contributed by atoms with van der Waals surface area (Å²) in [6.45, 7) is 1.80. The molecule has 2 heterocycles. The lowest BCUT2D eigenvalue weighted by atomic mass is 10.2. The molecular formula is C13H15N5O2. The van der Waals surface area contributed by atoms with Gasteiger partial charge in [-0.3, -0.25) is 10.1 Å². The molecule has 1 fully saturated rings. The standard InChI is InChI=1S/C13H15N5O2/c19-18(20)10-3-4-12-11(6-10)13(17-8-16-12)15-7-9-2-1-5-14-9/h3-4,6,8-9,14H,1-2,5,7H2,(H,15,16,17). The summed E-state index contributed by atoms with van der Waals surface area (Å²) in [5, 5.41) is 18.2. The molecule has 20 heavy (non-hydrogen) atoms. The molecule has 0 aliphatic carbocycles. The SMILES string of the molecule is O=[N+]([O-])c1ccc2ncnc(NCC3CCCN3)c2c1. The molecule has 7 heteroatoms. The molecular weight excluding hydrogens is 258 g/mol. The van der Waals surface area contributed by atoms with E-state index in [0.29, 0.717) is 22.8 Å². The van der Waals surface area contributed by atoms with Gasteiger partial charge in [0.15, 0.2) is 0 Å². The first-order valence-corrected chi connectivity index (χ1v) is 6.60. The first-order chi connectivity index (χ1) is 9.74. The minimum absolute atomic E-state index is 0.0503. The van der Waals surface area contributed by atoms with E-state index in [9.17, 15) is 10.1 Å². The summed E-state index contributed by atoms with van der Waals surface area (Å²) in [6.07, 6.45) is 3.79. The lowest BCUT2D eigenvalue weighted by Crippen LogP contribution is -2.29. The minimum Gasteiger partial charge on any atom is -0.368 e. The van der Waals surface area contributed by atoms with Gasteiger partial charge >= 0.3 is 0 Å². The van der Waals surface area contributed by atoms with Crippen LogP contribution in [0, 0.1) is 10.1 Å². The Balaban J connectivity index is 1.88. The molecule has 1 aromatic heterocycles. The fourth-order valence-electron chi connectivity index (χ4n) is 2.45. The molecule has 3 rings (SSSR count). The van der Waals surface area contributed by atoms with Crippen LogP contribution in [0.5, 0.6) is 0 Å². The molecule has 1 aliphatic heterocycles. The fourth-order valence-corrected chi connectivity index (χ4v) is 2.45. The maximum Gasteiger partial charge on any atom is 0.270 e. The van der Waals surface area contributed by atoms with Crippen LogP contribution in [-0.2, 0) is 0 Å². The molecule has 0 bridgehead atoms. The van der Waals surface area contributed by atoms with Gasteiger partial charge in [-0.2, -0.15) is 0 Å². The zero-order valence-electron chi connectivity index (χ0n) is 10.9. The fraction of sp³-hybridized carbons (Fsp3) is 0.385. The Hall–Kier alpha value is -2.28. The molecule has 0 amide bonds. The largest absolute Gasteiger partial charge is 0.368 e. The summed E-state index contributed by atoms with van der Waals surface area (Å²) in [6, 6.07) is 5.05. The number of hydrogen-bond donors (Lipinski definition) is 2. The van der Waals surface area contributed by atoms with Gasteiger partial charge in [0.25, 0.3) is 5.69 Å². The van der Waals surface area contributed by atoms with Crippen LogP contribution in [-0.4, -0.2) is 34.0 Å². The van der Waals surface area contributed by atoms with Crippen molar-refractivity contribution in [3.05, 3.63) is 34.6 Å². The Kier molecular flexibility index (Phi) is 3.42. The molecule has 0 saturated carbocycles. The zero-order chi connectivity index (χ0) is 13.9. The Labute approximate surface area is 115 Å². The maximum absolute atomic E-state index is 10.9. The normalized spacial score (nSPS) is 18.3. The quantitative estimate of drug-likeness (QED) is 0.650. The molecule has 0 spiro atoms. The number of non-ortho nitro benzene ring substituents is 1. The molecule has 1 saturated heterocycles. The zero-order valence-corrected chi connectivity index (χ0v) is 10.9. The number of nitro groups is 1. The van der Waals surface area contributed by atoms with Crippen molar-refractivity contribution in [2.45, 2.75) is 18.9 Å². The van der Waals surface area contributed by atoms with E-state index < -0.39 is 4.92 Å². The summed E-state index contributed by atoms with van der Waals surface area (Å²) in [4.78, 5) is 18.8. The predicted molar refractivity (Wildman–Crippen MR) is 75.7 cm³/mol. The van der Waals surface area contributed by atoms with Gasteiger partial charge in [0, 0.05) is 30.1 Å². The van der Waals surface area contributed by atoms with Crippen LogP contribution in [0.4, 0.5) is 11.5 Å². The number of nitrogens with zero attached hydrogens (tertiary/aromatic N) is 3. The average Bonchev–Trinajstić information content (AvgIpc) is 2.97. The van der Waals surface area contributed by atoms with Crippen molar-refractivity contribution in [2.75, 3.05) is 18.4 Å². The van der Waals surface area contributed by atoms with Crippen molar-refractivity contribution >= 4 is 22.4 Å². The number of benzene rings is 1. The summed E-state index contributed by atoms with van der Waals surface area (Å²) in [5.74, 6) is 0.646. The van der Waals surface area contributed by atoms with Crippen LogP contribution < -0.4 is 10.6 Å². The number of hydrogen-bond acceptors (Lipinski definition) is 6. The van der Waals surface area contributed by atoms with E-state index in [2.05, 4.69) is 20.6 Å². The molecule has 1 atom stereocenters. The highest BCUT2D eigenvalue weighted by atomic mass is 16.6. The van der Waals surface area contributed by atoms with Gasteiger partial charge in [0.05, 0.1) is 10.4 Å². The van der Waals surface area contributed by atoms with E-state index in [1.165, 1.54) is 24.9 Å². The Morgan fingerprint density at radius 1 is 1.45 bits per heavy atom. The average molecular weight is 273 g/mol. The van der Waals surface area contributed by atoms with Crippen molar-refractivity contribution in [3.8, 4) is 0 Å². The predicted octanol–water partition coefficient (Wildman–Crippen LogP) is 1.70. The number of aromatic nitrogens is 2. The second kappa shape index (κ2) is 5.38. The molecule has 0 radical (unpaired) electrons. The lowest BCUT2D eigenvalue weighted by molar-refractivity contribution is -0.384. The van der Waals surface area contributed by atoms with Crippen molar-refractivity contribution < 1.29 is 4.92 Å². The molecule has 1 aliphatic rings. The maximum atomic E-state index is 10.9. The number of nitro benzene ring substituents is 1. The minimum atomic E-state index is -0.408. The molecule has 7 nitrogen and oxygen atoms in total. The second-order valence-electron chi connectivity index (χ2n) is 4.86. The molecule has 2 N–H and O–H groups in total. The Morgan fingerprint density at radius 2 is 2.35 bits per heavy atom. The number of anilines is 1. The van der Waals surface area contributed by atoms with Crippen molar-refractivity contribution in [1.82, 2.24) is 15.3 Å². The summed E-state index contributed by atoms with van der Waals surface area (Å²) in [5.41, 5.74) is 0.752. The lowest BCUT2D eigenvalue weighted by Gasteiger charge is -2.13. The van der Waals surface area contributed by atoms with Crippen LogP contribution in [0.25, 0.3) is 10.9 Å². The molecule has 104 valence electrons. The third-order valence-electron chi connectivity index (χ3n) is 3.51. The van der Waals surface area contributed by atoms with Crippen molar-refractivity contribution in [1.29, 1.82) is 0 Å². The number of fused-ring (bicyclic) bond motifs is 1. The van der Waals surface area contributed by atoms with E-state index in [-0.39, 0.29) is 5.69 Å². The van der Waals surface area contributed by atoms with E-state index in [1.807, 2.05) is 0 Å². The summed E-state index contributed by atoms with van der Waals surface area (Å²) >= 11 is 0. The van der Waals surface area contributed by atoms with Gasteiger partial charge in [-0.1, -0.05) is 0 Å². The number of rotatable bonds is 4. The van der Waals surface area contributed by atoms with Crippen LogP contribution in [0.3, 0.4) is 0 Å². The van der Waals surface area contributed by atoms with Gasteiger partial charge < -0.3 is 10.6 Å². The van der Waals surface area contributed by atoms with Crippen LogP contribution >= 0.6 is 0 Å². The van der Waals surface area contributed by atoms with Crippen molar-refractivity contribution in [2.24, 2.45) is 0 Å². The molecule has 2 aromatic rings. The van der Waals surface area contributed by atoms with E-state index >= 15 is 0 Å². The third-order valence-corrected chi connectivity index (χ3v) is 3.51. The van der Waals surface area contributed by atoms with E-state index in [1.54, 1.807) is 6.07 Å². The Bertz CT molecular complexity index is 640. The first-order valence-electron chi connectivity index (χ1n) is 6.60. The van der Waals surface area contributed by atoms with Gasteiger partial charge in [0.1, 0.15) is 12.1 Å². The molecule has 1 unspecified atom stereocenters. The smallest absolute Gasteiger partial charge is 0.270 e. The second-order valence-corrected chi connectivity index (χ2v) is 4.86. The number of nitrogens with one attached hydrogen (secondary N) is 2. The van der Waals surface area contributed by atoms with Gasteiger partial charge in [-0.25, -0.2) is 9.97 Å². The summed E-state index contributed by atoms with van der Waals surface area (Å²) in [7, 11) is 0. The van der Waals surface area contributed by atoms with Gasteiger partial charge in [0.2, 0.25) is 0 Å². The van der Waals surface area contributed by atoms with Crippen LogP contribution in [0.2, 0.25) is 0 Å². The van der Waals surface area contributed by atoms with E-state index in [0.717, 1.165) is 19.5 Å². The first kappa shape index (κ1) is 12.7. The highest BCUT2D eigenvalue weighted by molar-refractivity contribution is 5.90. The topological polar surface area (TPSA) is 93.0 Å². The highest BCUT2D eigenvalue weighted by Crippen LogP contribution is 2.24. The van der Waals surface area contributed by atoms with Gasteiger partial charge in [-0.05, 0) is 25.5 Å². The van der Waals surface area contributed by atoms with Gasteiger partial charge in [-0.15, -0.1) is 0 Å². The van der Waals surface area contributed by atoms with E-state index in [4.69, 9.17) is 0 Å². The third kappa shape index (κ3) is 2.53. The van der Waals surface area contributed by atoms with Crippen LogP contribution in [0.1, 0.15) is 12.8 Å². The monoisotopic (exact) mass is 273 g/mol.